The molecule has 0 unspecified atom stereocenters. The van der Waals surface area contributed by atoms with Crippen molar-refractivity contribution in [2.75, 3.05) is 26.4 Å². The van der Waals surface area contributed by atoms with Crippen LogP contribution in [0.5, 0.6) is 11.5 Å². The van der Waals surface area contributed by atoms with Crippen molar-refractivity contribution in [3.05, 3.63) is 59.7 Å². The molecule has 0 amide bonds. The predicted molar refractivity (Wildman–Crippen MR) is 118 cm³/mol. The second kappa shape index (κ2) is 14.6. The van der Waals surface area contributed by atoms with Crippen LogP contribution in [-0.4, -0.2) is 42.4 Å². The maximum atomic E-state index is 12.2. The number of aryl methyl sites for hydroxylation is 2. The molecule has 0 saturated carbocycles. The minimum absolute atomic E-state index is 0.00407. The third-order valence-electron chi connectivity index (χ3n) is 4.95. The van der Waals surface area contributed by atoms with Gasteiger partial charge in [0.1, 0.15) is 30.5 Å². The highest BCUT2D eigenvalue weighted by Gasteiger charge is 2.07. The summed E-state index contributed by atoms with van der Waals surface area (Å²) >= 11 is 0. The molecule has 30 heavy (non-hydrogen) atoms. The van der Waals surface area contributed by atoms with Crippen molar-refractivity contribution < 1.29 is 24.5 Å². The smallest absolute Gasteiger partial charge is 0.132 e. The fourth-order valence-corrected chi connectivity index (χ4v) is 3.41. The second-order valence-corrected chi connectivity index (χ2v) is 7.31. The number of Topliss-reactive ketones (excluding diaryl/α,β-unsaturated/α-hetero) is 1. The van der Waals surface area contributed by atoms with Gasteiger partial charge in [0.25, 0.3) is 0 Å². The Morgan fingerprint density at radius 2 is 1.10 bits per heavy atom. The van der Waals surface area contributed by atoms with Gasteiger partial charge in [0, 0.05) is 12.8 Å². The van der Waals surface area contributed by atoms with Gasteiger partial charge in [-0.05, 0) is 61.8 Å². The SMILES string of the molecule is O=C(CCCCc1ccccc1OCCO)CCCCc1ccccc1OCCO. The number of hydrogen-bond donors (Lipinski definition) is 2. The molecule has 2 aromatic carbocycles. The van der Waals surface area contributed by atoms with Gasteiger partial charge in [-0.3, -0.25) is 4.79 Å². The molecule has 2 N–H and O–H groups in total. The van der Waals surface area contributed by atoms with Crippen LogP contribution < -0.4 is 9.47 Å². The second-order valence-electron chi connectivity index (χ2n) is 7.31. The van der Waals surface area contributed by atoms with Crippen LogP contribution in [0.25, 0.3) is 0 Å². The number of para-hydroxylation sites is 2. The number of rotatable bonds is 16. The number of benzene rings is 2. The van der Waals surface area contributed by atoms with E-state index < -0.39 is 0 Å². The summed E-state index contributed by atoms with van der Waals surface area (Å²) in [5, 5.41) is 17.8. The lowest BCUT2D eigenvalue weighted by molar-refractivity contribution is -0.119. The molecule has 2 aromatic rings. The number of carbonyl (C=O) groups is 1. The number of carbonyl (C=O) groups excluding carboxylic acids is 1. The van der Waals surface area contributed by atoms with Crippen LogP contribution in [-0.2, 0) is 17.6 Å². The minimum Gasteiger partial charge on any atom is -0.491 e. The van der Waals surface area contributed by atoms with E-state index in [-0.39, 0.29) is 13.2 Å². The Morgan fingerprint density at radius 3 is 1.53 bits per heavy atom. The van der Waals surface area contributed by atoms with Crippen molar-refractivity contribution in [3.63, 3.8) is 0 Å². The lowest BCUT2D eigenvalue weighted by atomic mass is 10.0. The van der Waals surface area contributed by atoms with E-state index in [1.165, 1.54) is 0 Å². The van der Waals surface area contributed by atoms with Crippen molar-refractivity contribution in [2.24, 2.45) is 0 Å². The third-order valence-corrected chi connectivity index (χ3v) is 4.95. The topological polar surface area (TPSA) is 76.0 Å². The summed E-state index contributed by atoms with van der Waals surface area (Å²) < 4.78 is 11.1. The van der Waals surface area contributed by atoms with E-state index in [0.717, 1.165) is 61.2 Å². The van der Waals surface area contributed by atoms with Gasteiger partial charge >= 0.3 is 0 Å². The van der Waals surface area contributed by atoms with Crippen LogP contribution in [0, 0.1) is 0 Å². The Labute approximate surface area is 179 Å². The van der Waals surface area contributed by atoms with E-state index in [9.17, 15) is 4.79 Å². The van der Waals surface area contributed by atoms with Crippen molar-refractivity contribution in [1.82, 2.24) is 0 Å². The Bertz CT molecular complexity index is 682. The average Bonchev–Trinajstić information content (AvgIpc) is 2.78. The molecule has 0 aliphatic heterocycles. The van der Waals surface area contributed by atoms with Gasteiger partial charge in [-0.1, -0.05) is 36.4 Å². The van der Waals surface area contributed by atoms with Gasteiger partial charge in [0.2, 0.25) is 0 Å². The van der Waals surface area contributed by atoms with E-state index in [4.69, 9.17) is 19.7 Å². The lowest BCUT2D eigenvalue weighted by Gasteiger charge is -2.11. The van der Waals surface area contributed by atoms with Crippen LogP contribution >= 0.6 is 0 Å². The fourth-order valence-electron chi connectivity index (χ4n) is 3.41. The van der Waals surface area contributed by atoms with E-state index in [1.54, 1.807) is 0 Å². The van der Waals surface area contributed by atoms with Crippen LogP contribution in [0.15, 0.2) is 48.5 Å². The maximum Gasteiger partial charge on any atom is 0.132 e. The Kier molecular flexibility index (Phi) is 11.6. The number of ketones is 1. The highest BCUT2D eigenvalue weighted by Crippen LogP contribution is 2.22. The van der Waals surface area contributed by atoms with Crippen LogP contribution in [0.1, 0.15) is 49.7 Å². The highest BCUT2D eigenvalue weighted by atomic mass is 16.5. The van der Waals surface area contributed by atoms with Gasteiger partial charge in [-0.15, -0.1) is 0 Å². The minimum atomic E-state index is 0.00407. The molecule has 164 valence electrons. The van der Waals surface area contributed by atoms with Gasteiger partial charge in [0.05, 0.1) is 13.2 Å². The molecule has 0 aliphatic carbocycles. The molecular weight excluding hydrogens is 380 g/mol. The van der Waals surface area contributed by atoms with Crippen LogP contribution in [0.4, 0.5) is 0 Å². The molecule has 0 spiro atoms. The average molecular weight is 415 g/mol. The lowest BCUT2D eigenvalue weighted by Crippen LogP contribution is -2.04. The molecule has 0 radical (unpaired) electrons. The van der Waals surface area contributed by atoms with Crippen LogP contribution in [0.2, 0.25) is 0 Å². The van der Waals surface area contributed by atoms with Gasteiger partial charge < -0.3 is 19.7 Å². The number of ether oxygens (including phenoxy) is 2. The van der Waals surface area contributed by atoms with Gasteiger partial charge in [0.15, 0.2) is 0 Å². The summed E-state index contributed by atoms with van der Waals surface area (Å²) in [6.45, 7) is 0.606. The van der Waals surface area contributed by atoms with E-state index >= 15 is 0 Å². The number of unbranched alkanes of at least 4 members (excludes halogenated alkanes) is 2. The Hall–Kier alpha value is -2.37. The zero-order valence-electron chi connectivity index (χ0n) is 17.7. The zero-order chi connectivity index (χ0) is 21.4. The first-order valence-electron chi connectivity index (χ1n) is 10.9. The Morgan fingerprint density at radius 1 is 0.667 bits per heavy atom. The largest absolute Gasteiger partial charge is 0.491 e. The van der Waals surface area contributed by atoms with Gasteiger partial charge in [-0.2, -0.15) is 0 Å². The van der Waals surface area contributed by atoms with Crippen molar-refractivity contribution in [1.29, 1.82) is 0 Å². The quantitative estimate of drug-likeness (QED) is 0.404. The number of aliphatic hydroxyl groups excluding tert-OH is 2. The van der Waals surface area contributed by atoms with Gasteiger partial charge in [-0.25, -0.2) is 0 Å². The first kappa shape index (κ1) is 23.9. The summed E-state index contributed by atoms with van der Waals surface area (Å²) in [5.41, 5.74) is 2.25. The molecule has 0 fully saturated rings. The predicted octanol–water partition coefficient (Wildman–Crippen LogP) is 4.12. The molecule has 2 rings (SSSR count). The summed E-state index contributed by atoms with van der Waals surface area (Å²) in [4.78, 5) is 12.2. The third kappa shape index (κ3) is 8.97. The van der Waals surface area contributed by atoms with Crippen molar-refractivity contribution in [2.45, 2.75) is 51.4 Å². The standard InChI is InChI=1S/C25H34O5/c26-17-19-29-24-15-7-3-11-21(24)9-1-5-13-23(28)14-6-2-10-22-12-4-8-16-25(22)30-20-18-27/h3-4,7-8,11-12,15-16,26-27H,1-2,5-6,9-10,13-14,17-20H2. The maximum absolute atomic E-state index is 12.2. The van der Waals surface area contributed by atoms with E-state index in [0.29, 0.717) is 31.8 Å². The molecule has 5 heteroatoms. The molecule has 0 bridgehead atoms. The molecule has 0 saturated heterocycles. The first-order valence-corrected chi connectivity index (χ1v) is 10.9. The summed E-state index contributed by atoms with van der Waals surface area (Å²) in [5.74, 6) is 1.96. The van der Waals surface area contributed by atoms with Crippen LogP contribution in [0.3, 0.4) is 0 Å². The van der Waals surface area contributed by atoms with E-state index in [1.807, 2.05) is 48.5 Å². The monoisotopic (exact) mass is 414 g/mol. The molecule has 0 aliphatic rings. The summed E-state index contributed by atoms with van der Waals surface area (Å²) in [7, 11) is 0. The van der Waals surface area contributed by atoms with E-state index in [2.05, 4.69) is 0 Å². The molecule has 0 heterocycles. The normalized spacial score (nSPS) is 10.7. The molecular formula is C25H34O5. The Balaban J connectivity index is 1.61. The molecule has 0 atom stereocenters. The highest BCUT2D eigenvalue weighted by molar-refractivity contribution is 5.78. The molecule has 5 nitrogen and oxygen atoms in total. The number of hydrogen-bond acceptors (Lipinski definition) is 5. The first-order chi connectivity index (χ1) is 14.7. The zero-order valence-corrected chi connectivity index (χ0v) is 17.7. The van der Waals surface area contributed by atoms with Crippen molar-refractivity contribution in [3.8, 4) is 11.5 Å². The summed E-state index contributed by atoms with van der Waals surface area (Å²) in [6, 6.07) is 15.7. The summed E-state index contributed by atoms with van der Waals surface area (Å²) in [6.07, 6.45) is 6.64. The fraction of sp³-hybridized carbons (Fsp3) is 0.480. The van der Waals surface area contributed by atoms with Crippen molar-refractivity contribution >= 4 is 5.78 Å². The molecule has 0 aromatic heterocycles. The number of aliphatic hydroxyl groups is 2.